The molecule has 144 valence electrons. The SMILES string of the molecule is O=C(CCc1cccc(F)c1)Nc1ccccc1-c1nc(-c2ccccc2)n[nH]1. The number of halogens is 1. The van der Waals surface area contributed by atoms with E-state index in [-0.39, 0.29) is 18.1 Å². The fourth-order valence-electron chi connectivity index (χ4n) is 3.06. The molecule has 4 aromatic rings. The Hall–Kier alpha value is -3.80. The number of hydrogen-bond acceptors (Lipinski definition) is 3. The minimum Gasteiger partial charge on any atom is -0.325 e. The van der Waals surface area contributed by atoms with Crippen molar-refractivity contribution in [1.82, 2.24) is 15.2 Å². The first-order valence-corrected chi connectivity index (χ1v) is 9.30. The molecule has 2 N–H and O–H groups in total. The van der Waals surface area contributed by atoms with Gasteiger partial charge in [-0.25, -0.2) is 9.37 Å². The number of para-hydroxylation sites is 1. The lowest BCUT2D eigenvalue weighted by atomic mass is 10.1. The molecule has 4 rings (SSSR count). The van der Waals surface area contributed by atoms with Crippen LogP contribution in [0.1, 0.15) is 12.0 Å². The minimum atomic E-state index is -0.298. The third-order valence-corrected chi connectivity index (χ3v) is 4.50. The third kappa shape index (κ3) is 4.55. The van der Waals surface area contributed by atoms with Gasteiger partial charge < -0.3 is 5.32 Å². The highest BCUT2D eigenvalue weighted by Gasteiger charge is 2.13. The molecule has 0 fully saturated rings. The summed E-state index contributed by atoms with van der Waals surface area (Å²) in [5.74, 6) is 0.718. The number of nitrogens with one attached hydrogen (secondary N) is 2. The first-order chi connectivity index (χ1) is 14.2. The van der Waals surface area contributed by atoms with E-state index >= 15 is 0 Å². The fourth-order valence-corrected chi connectivity index (χ4v) is 3.06. The van der Waals surface area contributed by atoms with Crippen molar-refractivity contribution >= 4 is 11.6 Å². The number of aromatic amines is 1. The Labute approximate surface area is 167 Å². The van der Waals surface area contributed by atoms with Crippen LogP contribution in [0.25, 0.3) is 22.8 Å². The molecule has 0 radical (unpaired) electrons. The summed E-state index contributed by atoms with van der Waals surface area (Å²) in [6.07, 6.45) is 0.718. The zero-order valence-electron chi connectivity index (χ0n) is 15.6. The predicted molar refractivity (Wildman–Crippen MR) is 111 cm³/mol. The van der Waals surface area contributed by atoms with Gasteiger partial charge in [-0.2, -0.15) is 5.10 Å². The number of hydrogen-bond donors (Lipinski definition) is 2. The van der Waals surface area contributed by atoms with E-state index < -0.39 is 0 Å². The standard InChI is InChI=1S/C23H19FN4O/c24-18-10-6-7-16(15-18)13-14-21(29)25-20-12-5-4-11-19(20)23-26-22(27-28-23)17-8-2-1-3-9-17/h1-12,15H,13-14H2,(H,25,29)(H,26,27,28). The molecule has 0 saturated heterocycles. The molecule has 0 spiro atoms. The smallest absolute Gasteiger partial charge is 0.224 e. The van der Waals surface area contributed by atoms with Crippen LogP contribution in [-0.2, 0) is 11.2 Å². The van der Waals surface area contributed by atoms with Gasteiger partial charge in [0.25, 0.3) is 0 Å². The highest BCUT2D eigenvalue weighted by molar-refractivity contribution is 5.94. The molecule has 0 unspecified atom stereocenters. The molecule has 29 heavy (non-hydrogen) atoms. The van der Waals surface area contributed by atoms with E-state index in [9.17, 15) is 9.18 Å². The molecule has 1 heterocycles. The van der Waals surface area contributed by atoms with E-state index in [0.29, 0.717) is 23.8 Å². The minimum absolute atomic E-state index is 0.149. The van der Waals surface area contributed by atoms with Crippen molar-refractivity contribution in [3.05, 3.63) is 90.2 Å². The Bertz CT molecular complexity index is 1120. The van der Waals surface area contributed by atoms with Crippen LogP contribution in [0.5, 0.6) is 0 Å². The quantitative estimate of drug-likeness (QED) is 0.498. The summed E-state index contributed by atoms with van der Waals surface area (Å²) in [7, 11) is 0. The van der Waals surface area contributed by atoms with Crippen molar-refractivity contribution in [3.63, 3.8) is 0 Å². The number of carbonyl (C=O) groups is 1. The molecule has 0 aliphatic carbocycles. The molecule has 3 aromatic carbocycles. The van der Waals surface area contributed by atoms with E-state index in [1.807, 2.05) is 60.7 Å². The van der Waals surface area contributed by atoms with E-state index in [1.54, 1.807) is 6.07 Å². The van der Waals surface area contributed by atoms with Crippen molar-refractivity contribution < 1.29 is 9.18 Å². The maximum atomic E-state index is 13.3. The van der Waals surface area contributed by atoms with Gasteiger partial charge in [0.05, 0.1) is 5.69 Å². The summed E-state index contributed by atoms with van der Waals surface area (Å²) >= 11 is 0. The van der Waals surface area contributed by atoms with Gasteiger partial charge in [-0.15, -0.1) is 0 Å². The van der Waals surface area contributed by atoms with Gasteiger partial charge in [-0.05, 0) is 36.2 Å². The van der Waals surface area contributed by atoms with Gasteiger partial charge in [0.15, 0.2) is 11.6 Å². The number of nitrogens with zero attached hydrogens (tertiary/aromatic N) is 2. The Morgan fingerprint density at radius 1 is 0.966 bits per heavy atom. The normalized spacial score (nSPS) is 10.7. The second-order valence-corrected chi connectivity index (χ2v) is 6.60. The zero-order chi connectivity index (χ0) is 20.1. The van der Waals surface area contributed by atoms with Crippen LogP contribution in [0, 0.1) is 5.82 Å². The Balaban J connectivity index is 1.48. The molecule has 0 aliphatic rings. The molecular formula is C23H19FN4O. The largest absolute Gasteiger partial charge is 0.325 e. The number of carbonyl (C=O) groups excluding carboxylic acids is 1. The molecule has 1 aromatic heterocycles. The molecular weight excluding hydrogens is 367 g/mol. The summed E-state index contributed by atoms with van der Waals surface area (Å²) < 4.78 is 13.3. The Kier molecular flexibility index (Phi) is 5.42. The lowest BCUT2D eigenvalue weighted by Crippen LogP contribution is -2.13. The van der Waals surface area contributed by atoms with Gasteiger partial charge in [-0.1, -0.05) is 54.6 Å². The average Bonchev–Trinajstić information content (AvgIpc) is 3.23. The molecule has 0 atom stereocenters. The van der Waals surface area contributed by atoms with Crippen LogP contribution in [0.2, 0.25) is 0 Å². The summed E-state index contributed by atoms with van der Waals surface area (Å²) in [5, 5.41) is 10.1. The number of anilines is 1. The van der Waals surface area contributed by atoms with Crippen molar-refractivity contribution in [2.45, 2.75) is 12.8 Å². The molecule has 5 nitrogen and oxygen atoms in total. The summed E-state index contributed by atoms with van der Waals surface area (Å²) in [4.78, 5) is 17.0. The average molecular weight is 386 g/mol. The highest BCUT2D eigenvalue weighted by Crippen LogP contribution is 2.27. The van der Waals surface area contributed by atoms with Crippen LogP contribution in [0.4, 0.5) is 10.1 Å². The molecule has 1 amide bonds. The van der Waals surface area contributed by atoms with Crippen LogP contribution in [0.3, 0.4) is 0 Å². The molecule has 6 heteroatoms. The van der Waals surface area contributed by atoms with E-state index in [0.717, 1.165) is 16.7 Å². The number of rotatable bonds is 6. The van der Waals surface area contributed by atoms with Gasteiger partial charge >= 0.3 is 0 Å². The lowest BCUT2D eigenvalue weighted by molar-refractivity contribution is -0.116. The predicted octanol–water partition coefficient (Wildman–Crippen LogP) is 4.85. The molecule has 0 bridgehead atoms. The van der Waals surface area contributed by atoms with Crippen molar-refractivity contribution in [3.8, 4) is 22.8 Å². The van der Waals surface area contributed by atoms with Gasteiger partial charge in [0, 0.05) is 17.5 Å². The third-order valence-electron chi connectivity index (χ3n) is 4.50. The van der Waals surface area contributed by atoms with Crippen molar-refractivity contribution in [2.24, 2.45) is 0 Å². The van der Waals surface area contributed by atoms with Crippen LogP contribution >= 0.6 is 0 Å². The maximum absolute atomic E-state index is 13.3. The van der Waals surface area contributed by atoms with Crippen molar-refractivity contribution in [2.75, 3.05) is 5.32 Å². The van der Waals surface area contributed by atoms with Crippen LogP contribution in [0.15, 0.2) is 78.9 Å². The first kappa shape index (κ1) is 18.6. The topological polar surface area (TPSA) is 70.7 Å². The molecule has 0 saturated carbocycles. The van der Waals surface area contributed by atoms with Crippen LogP contribution in [-0.4, -0.2) is 21.1 Å². The van der Waals surface area contributed by atoms with Gasteiger partial charge in [0.1, 0.15) is 5.82 Å². The monoisotopic (exact) mass is 386 g/mol. The summed E-state index contributed by atoms with van der Waals surface area (Å²) in [5.41, 5.74) is 3.09. The number of amides is 1. The second kappa shape index (κ2) is 8.48. The van der Waals surface area contributed by atoms with E-state index in [4.69, 9.17) is 0 Å². The zero-order valence-corrected chi connectivity index (χ0v) is 15.6. The lowest BCUT2D eigenvalue weighted by Gasteiger charge is -2.09. The fraction of sp³-hybridized carbons (Fsp3) is 0.0870. The number of H-pyrrole nitrogens is 1. The second-order valence-electron chi connectivity index (χ2n) is 6.60. The number of benzene rings is 3. The van der Waals surface area contributed by atoms with Crippen LogP contribution < -0.4 is 5.32 Å². The first-order valence-electron chi connectivity index (χ1n) is 9.30. The highest BCUT2D eigenvalue weighted by atomic mass is 19.1. The Morgan fingerprint density at radius 2 is 1.76 bits per heavy atom. The van der Waals surface area contributed by atoms with Gasteiger partial charge in [0.2, 0.25) is 5.91 Å². The van der Waals surface area contributed by atoms with Crippen molar-refractivity contribution in [1.29, 1.82) is 0 Å². The number of aromatic nitrogens is 3. The van der Waals surface area contributed by atoms with Gasteiger partial charge in [-0.3, -0.25) is 9.89 Å². The number of aryl methyl sites for hydroxylation is 1. The maximum Gasteiger partial charge on any atom is 0.224 e. The summed E-state index contributed by atoms with van der Waals surface area (Å²) in [6.45, 7) is 0. The Morgan fingerprint density at radius 3 is 2.59 bits per heavy atom. The van der Waals surface area contributed by atoms with E-state index in [2.05, 4.69) is 20.5 Å². The summed E-state index contributed by atoms with van der Waals surface area (Å²) in [6, 6.07) is 23.4. The molecule has 0 aliphatic heterocycles. The van der Waals surface area contributed by atoms with E-state index in [1.165, 1.54) is 12.1 Å².